The van der Waals surface area contributed by atoms with Gasteiger partial charge in [-0.25, -0.2) is 0 Å². The first-order chi connectivity index (χ1) is 26.1. The van der Waals surface area contributed by atoms with Gasteiger partial charge in [-0.2, -0.15) is 0 Å². The van der Waals surface area contributed by atoms with Gasteiger partial charge in [0.15, 0.2) is 0 Å². The van der Waals surface area contributed by atoms with Crippen LogP contribution in [0.25, 0.3) is 10.1 Å². The van der Waals surface area contributed by atoms with Gasteiger partial charge in [0.2, 0.25) is 0 Å². The maximum Gasteiger partial charge on any atom is 0.264 e. The highest BCUT2D eigenvalue weighted by Gasteiger charge is 2.47. The number of hydrogen-bond acceptors (Lipinski definition) is 3. The molecule has 286 valence electrons. The van der Waals surface area contributed by atoms with Crippen molar-refractivity contribution in [2.24, 2.45) is 0 Å². The number of rotatable bonds is 2. The van der Waals surface area contributed by atoms with Crippen LogP contribution in [0.3, 0.4) is 0 Å². The Labute approximate surface area is 341 Å². The first-order valence-electron chi connectivity index (χ1n) is 20.9. The number of benzene rings is 5. The fourth-order valence-corrected chi connectivity index (χ4v) is 11.0. The predicted octanol–water partition coefficient (Wildman–Crippen LogP) is 13.2. The Morgan fingerprint density at radius 2 is 1.11 bits per heavy atom. The number of anilines is 6. The molecule has 2 nitrogen and oxygen atoms in total. The molecule has 9 rings (SSSR count). The fraction of sp³-hybridized carbons (Fsp3) is 0.385. The Morgan fingerprint density at radius 1 is 0.536 bits per heavy atom. The summed E-state index contributed by atoms with van der Waals surface area (Å²) in [6.07, 6.45) is 2.40. The summed E-state index contributed by atoms with van der Waals surface area (Å²) in [5, 5.41) is 1.34. The second-order valence-corrected chi connectivity index (χ2v) is 22.5. The summed E-state index contributed by atoms with van der Waals surface area (Å²) in [5.74, 6) is 0. The maximum atomic E-state index is 2.68. The second kappa shape index (κ2) is 12.1. The molecule has 1 aliphatic carbocycles. The minimum atomic E-state index is -0.0658. The standard InChI is InChI=1S/C52H59BN2S/c1-48(2,3)32-18-21-35(22-19-32)54-41-25-20-33(49(4,5)6)28-40(41)53-45-42(54)29-34(50(7,8)9)30-43(45)55(46-37-16-14-15-17-44(37)56-47(46)53)36-23-24-38-39(31-36)52(12,13)27-26-51(38,10)11/h14-25,28-31H,26-27H2,1-13H3. The van der Waals surface area contributed by atoms with Crippen LogP contribution in [0.2, 0.25) is 0 Å². The van der Waals surface area contributed by atoms with Crippen LogP contribution in [0.1, 0.15) is 131 Å². The van der Waals surface area contributed by atoms with Crippen LogP contribution >= 0.6 is 11.3 Å². The third-order valence-electron chi connectivity index (χ3n) is 13.4. The molecule has 56 heavy (non-hydrogen) atoms. The van der Waals surface area contributed by atoms with E-state index in [4.69, 9.17) is 0 Å². The molecule has 1 aromatic heterocycles. The summed E-state index contributed by atoms with van der Waals surface area (Å²) >= 11 is 1.99. The third kappa shape index (κ3) is 5.71. The van der Waals surface area contributed by atoms with Crippen molar-refractivity contribution in [2.45, 2.75) is 130 Å². The molecule has 0 unspecified atom stereocenters. The topological polar surface area (TPSA) is 6.48 Å². The molecule has 3 heterocycles. The van der Waals surface area contributed by atoms with E-state index in [9.17, 15) is 0 Å². The molecule has 0 N–H and O–H groups in total. The normalized spacial score (nSPS) is 17.1. The van der Waals surface area contributed by atoms with Crippen LogP contribution in [0.15, 0.2) is 97.1 Å². The van der Waals surface area contributed by atoms with Crippen molar-refractivity contribution in [3.05, 3.63) is 125 Å². The average molecular weight is 755 g/mol. The largest absolute Gasteiger partial charge is 0.311 e. The van der Waals surface area contributed by atoms with Crippen LogP contribution < -0.4 is 25.5 Å². The molecule has 0 saturated heterocycles. The van der Waals surface area contributed by atoms with Crippen LogP contribution in [0.4, 0.5) is 34.1 Å². The lowest BCUT2D eigenvalue weighted by Crippen LogP contribution is -2.60. The maximum absolute atomic E-state index is 2.68. The Balaban J connectivity index is 1.41. The van der Waals surface area contributed by atoms with E-state index in [2.05, 4.69) is 197 Å². The van der Waals surface area contributed by atoms with Crippen LogP contribution in [-0.2, 0) is 27.1 Å². The van der Waals surface area contributed by atoms with Gasteiger partial charge >= 0.3 is 0 Å². The molecular weight excluding hydrogens is 695 g/mol. The van der Waals surface area contributed by atoms with Gasteiger partial charge in [0.05, 0.1) is 5.69 Å². The van der Waals surface area contributed by atoms with E-state index >= 15 is 0 Å². The molecule has 0 radical (unpaired) electrons. The highest BCUT2D eigenvalue weighted by molar-refractivity contribution is 7.33. The molecule has 3 aliphatic rings. The lowest BCUT2D eigenvalue weighted by molar-refractivity contribution is 0.332. The summed E-state index contributed by atoms with van der Waals surface area (Å²) in [7, 11) is 0. The van der Waals surface area contributed by atoms with E-state index in [0.29, 0.717) is 0 Å². The summed E-state index contributed by atoms with van der Waals surface area (Å²) in [5.41, 5.74) is 17.9. The molecule has 0 saturated carbocycles. The van der Waals surface area contributed by atoms with Crippen molar-refractivity contribution in [2.75, 3.05) is 9.80 Å². The molecule has 0 amide bonds. The van der Waals surface area contributed by atoms with E-state index in [1.54, 1.807) is 0 Å². The minimum Gasteiger partial charge on any atom is -0.311 e. The van der Waals surface area contributed by atoms with Crippen molar-refractivity contribution in [3.8, 4) is 0 Å². The van der Waals surface area contributed by atoms with Crippen LogP contribution in [0.5, 0.6) is 0 Å². The van der Waals surface area contributed by atoms with E-state index in [0.717, 1.165) is 0 Å². The van der Waals surface area contributed by atoms with E-state index in [-0.39, 0.29) is 33.8 Å². The van der Waals surface area contributed by atoms with E-state index in [1.165, 1.54) is 101 Å². The molecule has 0 bridgehead atoms. The summed E-state index contributed by atoms with van der Waals surface area (Å²) < 4.78 is 2.79. The van der Waals surface area contributed by atoms with Gasteiger partial charge in [0.25, 0.3) is 6.71 Å². The predicted molar refractivity (Wildman–Crippen MR) is 247 cm³/mol. The minimum absolute atomic E-state index is 0.0147. The van der Waals surface area contributed by atoms with Gasteiger partial charge in [-0.1, -0.05) is 139 Å². The van der Waals surface area contributed by atoms with Crippen molar-refractivity contribution in [3.63, 3.8) is 0 Å². The van der Waals surface area contributed by atoms with Crippen LogP contribution in [0, 0.1) is 0 Å². The van der Waals surface area contributed by atoms with Gasteiger partial charge in [-0.05, 0) is 127 Å². The third-order valence-corrected chi connectivity index (χ3v) is 14.6. The molecule has 0 spiro atoms. The molecule has 4 heteroatoms. The number of fused-ring (bicyclic) bond motifs is 7. The zero-order valence-corrected chi connectivity index (χ0v) is 36.8. The average Bonchev–Trinajstić information content (AvgIpc) is 3.51. The Kier molecular flexibility index (Phi) is 8.08. The quantitative estimate of drug-likeness (QED) is 0.162. The molecule has 2 aliphatic heterocycles. The molecule has 5 aromatic carbocycles. The van der Waals surface area contributed by atoms with Gasteiger partial charge in [-0.15, -0.1) is 11.3 Å². The molecule has 0 fully saturated rings. The van der Waals surface area contributed by atoms with Crippen molar-refractivity contribution < 1.29 is 0 Å². The smallest absolute Gasteiger partial charge is 0.264 e. The number of nitrogens with zero attached hydrogens (tertiary/aromatic N) is 2. The van der Waals surface area contributed by atoms with Gasteiger partial charge in [0.1, 0.15) is 0 Å². The van der Waals surface area contributed by atoms with E-state index in [1.807, 2.05) is 11.3 Å². The van der Waals surface area contributed by atoms with Gasteiger partial charge in [0, 0.05) is 43.3 Å². The summed E-state index contributed by atoms with van der Waals surface area (Å²) in [6, 6.07) is 38.5. The molecular formula is C52H59BN2S. The Morgan fingerprint density at radius 3 is 1.75 bits per heavy atom. The fourth-order valence-electron chi connectivity index (χ4n) is 9.71. The Bertz CT molecular complexity index is 2550. The van der Waals surface area contributed by atoms with Crippen molar-refractivity contribution in [1.29, 1.82) is 0 Å². The van der Waals surface area contributed by atoms with Gasteiger partial charge in [-0.3, -0.25) is 0 Å². The van der Waals surface area contributed by atoms with Gasteiger partial charge < -0.3 is 9.80 Å². The highest BCUT2D eigenvalue weighted by Crippen LogP contribution is 2.52. The Hall–Kier alpha value is -4.28. The monoisotopic (exact) mass is 754 g/mol. The van der Waals surface area contributed by atoms with Crippen molar-refractivity contribution in [1.82, 2.24) is 0 Å². The first kappa shape index (κ1) is 37.3. The zero-order chi connectivity index (χ0) is 39.9. The summed E-state index contributed by atoms with van der Waals surface area (Å²) in [6.45, 7) is 31.0. The second-order valence-electron chi connectivity index (χ2n) is 21.4. The number of hydrogen-bond donors (Lipinski definition) is 0. The van der Waals surface area contributed by atoms with Crippen molar-refractivity contribution >= 4 is 78.0 Å². The summed E-state index contributed by atoms with van der Waals surface area (Å²) in [4.78, 5) is 5.27. The lowest BCUT2D eigenvalue weighted by Gasteiger charge is -2.45. The zero-order valence-electron chi connectivity index (χ0n) is 36.0. The molecule has 6 aromatic rings. The van der Waals surface area contributed by atoms with Crippen LogP contribution in [-0.4, -0.2) is 6.71 Å². The highest BCUT2D eigenvalue weighted by atomic mass is 32.1. The lowest BCUT2D eigenvalue weighted by atomic mass is 9.36. The van der Waals surface area contributed by atoms with E-state index < -0.39 is 0 Å². The number of thiophene rings is 1. The first-order valence-corrected chi connectivity index (χ1v) is 21.7. The molecule has 0 atom stereocenters. The SMILES string of the molecule is CC(C)(C)c1ccc(N2c3ccc(C(C)(C)C)cc3B3c4sc5ccccc5c4N(c4ccc5c(c4)C(C)(C)CCC5(C)C)c4cc(C(C)(C)C)cc2c43)cc1.